The Labute approximate surface area is 108 Å². The molecule has 98 valence electrons. The number of carboxylic acids is 1. The van der Waals surface area contributed by atoms with E-state index in [2.05, 4.69) is 6.08 Å². The van der Waals surface area contributed by atoms with E-state index in [1.54, 1.807) is 6.08 Å². The monoisotopic (exact) mass is 248 g/mol. The molecule has 0 aliphatic heterocycles. The van der Waals surface area contributed by atoms with Crippen molar-refractivity contribution < 1.29 is 14.7 Å². The molecule has 0 aliphatic carbocycles. The van der Waals surface area contributed by atoms with Crippen LogP contribution in [0.2, 0.25) is 0 Å². The van der Waals surface area contributed by atoms with Crippen LogP contribution in [0.25, 0.3) is 0 Å². The van der Waals surface area contributed by atoms with Crippen molar-refractivity contribution >= 4 is 12.3 Å². The summed E-state index contributed by atoms with van der Waals surface area (Å²) in [5.74, 6) is -0.737. The molecule has 0 heterocycles. The SMILES string of the molecule is O=CC=CC=CCC=CCC=CCCCC(=O)O. The fraction of sp³-hybridized carbons (Fsp3) is 0.333. The minimum absolute atomic E-state index is 0.235. The van der Waals surface area contributed by atoms with Gasteiger partial charge in [-0.25, -0.2) is 0 Å². The lowest BCUT2D eigenvalue weighted by Gasteiger charge is -1.89. The first-order valence-electron chi connectivity index (χ1n) is 6.06. The van der Waals surface area contributed by atoms with Crippen molar-refractivity contribution in [3.8, 4) is 0 Å². The summed E-state index contributed by atoms with van der Waals surface area (Å²) in [4.78, 5) is 20.2. The first-order chi connectivity index (χ1) is 8.77. The second-order valence-electron chi connectivity index (χ2n) is 3.65. The Balaban J connectivity index is 3.44. The van der Waals surface area contributed by atoms with E-state index < -0.39 is 5.97 Å². The largest absolute Gasteiger partial charge is 0.481 e. The van der Waals surface area contributed by atoms with Gasteiger partial charge in [0, 0.05) is 6.42 Å². The molecule has 0 atom stereocenters. The molecule has 0 bridgehead atoms. The topological polar surface area (TPSA) is 54.4 Å². The molecule has 0 aromatic rings. The lowest BCUT2D eigenvalue weighted by molar-refractivity contribution is -0.137. The van der Waals surface area contributed by atoms with E-state index in [0.29, 0.717) is 6.42 Å². The minimum Gasteiger partial charge on any atom is -0.481 e. The van der Waals surface area contributed by atoms with Crippen LogP contribution < -0.4 is 0 Å². The van der Waals surface area contributed by atoms with Crippen molar-refractivity contribution in [1.29, 1.82) is 0 Å². The standard InChI is InChI=1S/C15H20O3/c16-14-12-10-8-6-4-2-1-3-5-7-9-11-13-15(17)18/h1-2,5-8,10,12,14H,3-4,9,11,13H2,(H,17,18). The molecule has 3 heteroatoms. The van der Waals surface area contributed by atoms with Gasteiger partial charge in [-0.3, -0.25) is 9.59 Å². The molecule has 1 N–H and O–H groups in total. The van der Waals surface area contributed by atoms with Crippen molar-refractivity contribution in [3.63, 3.8) is 0 Å². The summed E-state index contributed by atoms with van der Waals surface area (Å²) in [6.07, 6.45) is 19.3. The smallest absolute Gasteiger partial charge is 0.303 e. The Morgan fingerprint density at radius 1 is 0.889 bits per heavy atom. The molecule has 0 saturated heterocycles. The van der Waals surface area contributed by atoms with Crippen LogP contribution in [0.3, 0.4) is 0 Å². The van der Waals surface area contributed by atoms with Gasteiger partial charge in [0.1, 0.15) is 6.29 Å². The molecule has 0 aromatic heterocycles. The second kappa shape index (κ2) is 13.2. The summed E-state index contributed by atoms with van der Waals surface area (Å²) < 4.78 is 0. The van der Waals surface area contributed by atoms with Crippen LogP contribution in [-0.2, 0) is 9.59 Å². The summed E-state index contributed by atoms with van der Waals surface area (Å²) in [5.41, 5.74) is 0. The number of unbranched alkanes of at least 4 members (excludes halogenated alkanes) is 1. The average Bonchev–Trinajstić information content (AvgIpc) is 2.34. The lowest BCUT2D eigenvalue weighted by Crippen LogP contribution is -1.92. The normalized spacial score (nSPS) is 12.2. The third-order valence-corrected chi connectivity index (χ3v) is 2.08. The third-order valence-electron chi connectivity index (χ3n) is 2.08. The van der Waals surface area contributed by atoms with Gasteiger partial charge in [-0.1, -0.05) is 42.5 Å². The molecule has 18 heavy (non-hydrogen) atoms. The Morgan fingerprint density at radius 2 is 1.56 bits per heavy atom. The number of carbonyl (C=O) groups excluding carboxylic acids is 1. The van der Waals surface area contributed by atoms with Gasteiger partial charge in [-0.2, -0.15) is 0 Å². The Bertz CT molecular complexity index is 336. The van der Waals surface area contributed by atoms with Crippen molar-refractivity contribution in [1.82, 2.24) is 0 Å². The van der Waals surface area contributed by atoms with Gasteiger partial charge in [0.25, 0.3) is 0 Å². The van der Waals surface area contributed by atoms with Crippen molar-refractivity contribution in [3.05, 3.63) is 48.6 Å². The van der Waals surface area contributed by atoms with E-state index in [0.717, 1.165) is 25.5 Å². The number of carboxylic acid groups (broad SMARTS) is 1. The number of aldehydes is 1. The molecule has 0 rings (SSSR count). The van der Waals surface area contributed by atoms with Crippen LogP contribution in [0.4, 0.5) is 0 Å². The van der Waals surface area contributed by atoms with E-state index in [9.17, 15) is 9.59 Å². The first-order valence-corrected chi connectivity index (χ1v) is 6.06. The Kier molecular flexibility index (Phi) is 11.8. The predicted octanol–water partition coefficient (Wildman–Crippen LogP) is 3.45. The van der Waals surface area contributed by atoms with Gasteiger partial charge >= 0.3 is 5.97 Å². The van der Waals surface area contributed by atoms with Gasteiger partial charge < -0.3 is 5.11 Å². The van der Waals surface area contributed by atoms with Crippen LogP contribution in [0.1, 0.15) is 32.1 Å². The molecule has 0 aromatic carbocycles. The van der Waals surface area contributed by atoms with Crippen molar-refractivity contribution in [2.24, 2.45) is 0 Å². The molecule has 0 unspecified atom stereocenters. The van der Waals surface area contributed by atoms with Crippen LogP contribution in [0, 0.1) is 0 Å². The summed E-state index contributed by atoms with van der Waals surface area (Å²) >= 11 is 0. The lowest BCUT2D eigenvalue weighted by atomic mass is 10.2. The summed E-state index contributed by atoms with van der Waals surface area (Å²) in [5, 5.41) is 8.42. The second-order valence-corrected chi connectivity index (χ2v) is 3.65. The quantitative estimate of drug-likeness (QED) is 0.212. The summed E-state index contributed by atoms with van der Waals surface area (Å²) in [7, 11) is 0. The zero-order valence-electron chi connectivity index (χ0n) is 10.5. The molecule has 0 aliphatic rings. The molecule has 0 spiro atoms. The minimum atomic E-state index is -0.737. The molecule has 0 radical (unpaired) electrons. The highest BCUT2D eigenvalue weighted by Gasteiger charge is 1.92. The molecule has 0 fully saturated rings. The predicted molar refractivity (Wildman–Crippen MR) is 73.3 cm³/mol. The maximum Gasteiger partial charge on any atom is 0.303 e. The summed E-state index contributed by atoms with van der Waals surface area (Å²) in [6.45, 7) is 0. The van der Waals surface area contributed by atoms with E-state index in [1.807, 2.05) is 30.4 Å². The van der Waals surface area contributed by atoms with Crippen LogP contribution >= 0.6 is 0 Å². The van der Waals surface area contributed by atoms with Gasteiger partial charge in [0.15, 0.2) is 0 Å². The Morgan fingerprint density at radius 3 is 2.22 bits per heavy atom. The Hall–Kier alpha value is -1.90. The van der Waals surface area contributed by atoms with Gasteiger partial charge in [-0.05, 0) is 31.8 Å². The number of hydrogen-bond acceptors (Lipinski definition) is 2. The zero-order valence-corrected chi connectivity index (χ0v) is 10.5. The van der Waals surface area contributed by atoms with E-state index >= 15 is 0 Å². The van der Waals surface area contributed by atoms with Crippen LogP contribution in [0.5, 0.6) is 0 Å². The molecule has 0 saturated carbocycles. The number of carbonyl (C=O) groups is 2. The fourth-order valence-electron chi connectivity index (χ4n) is 1.20. The third kappa shape index (κ3) is 14.1. The van der Waals surface area contributed by atoms with Gasteiger partial charge in [0.2, 0.25) is 0 Å². The number of rotatable bonds is 10. The van der Waals surface area contributed by atoms with Crippen molar-refractivity contribution in [2.75, 3.05) is 0 Å². The van der Waals surface area contributed by atoms with Crippen molar-refractivity contribution in [2.45, 2.75) is 32.1 Å². The molecular weight excluding hydrogens is 228 g/mol. The maximum absolute atomic E-state index is 10.2. The highest BCUT2D eigenvalue weighted by Crippen LogP contribution is 1.98. The number of hydrogen-bond donors (Lipinski definition) is 1. The molecule has 3 nitrogen and oxygen atoms in total. The summed E-state index contributed by atoms with van der Waals surface area (Å²) in [6, 6.07) is 0. The maximum atomic E-state index is 10.2. The van der Waals surface area contributed by atoms with Crippen LogP contribution in [0.15, 0.2) is 48.6 Å². The fourth-order valence-corrected chi connectivity index (χ4v) is 1.20. The van der Waals surface area contributed by atoms with Gasteiger partial charge in [-0.15, -0.1) is 0 Å². The highest BCUT2D eigenvalue weighted by atomic mass is 16.4. The number of aliphatic carboxylic acids is 1. The molecular formula is C15H20O3. The van der Waals surface area contributed by atoms with E-state index in [4.69, 9.17) is 5.11 Å². The number of allylic oxidation sites excluding steroid dienone is 8. The van der Waals surface area contributed by atoms with E-state index in [-0.39, 0.29) is 6.42 Å². The highest BCUT2D eigenvalue weighted by molar-refractivity contribution is 5.66. The molecule has 0 amide bonds. The average molecular weight is 248 g/mol. The van der Waals surface area contributed by atoms with Crippen LogP contribution in [-0.4, -0.2) is 17.4 Å². The zero-order chi connectivity index (χ0) is 13.5. The van der Waals surface area contributed by atoms with E-state index in [1.165, 1.54) is 6.08 Å². The van der Waals surface area contributed by atoms with Gasteiger partial charge in [0.05, 0.1) is 0 Å². The first kappa shape index (κ1) is 16.1.